The van der Waals surface area contributed by atoms with E-state index in [1.807, 2.05) is 30.5 Å². The number of carbonyl (C=O) groups is 1. The van der Waals surface area contributed by atoms with Crippen LogP contribution in [-0.4, -0.2) is 18.0 Å². The summed E-state index contributed by atoms with van der Waals surface area (Å²) in [7, 11) is 1.41. The van der Waals surface area contributed by atoms with Crippen molar-refractivity contribution in [3.8, 4) is 10.6 Å². The monoisotopic (exact) mass is 262 g/mol. The van der Waals surface area contributed by atoms with Gasteiger partial charge in [0.25, 0.3) is 0 Å². The molecule has 1 aromatic heterocycles. The molecule has 0 bridgehead atoms. The van der Waals surface area contributed by atoms with Crippen LogP contribution in [0.3, 0.4) is 0 Å². The summed E-state index contributed by atoms with van der Waals surface area (Å²) in [6.07, 6.45) is 0.232. The van der Waals surface area contributed by atoms with Crippen molar-refractivity contribution in [3.63, 3.8) is 0 Å². The van der Waals surface area contributed by atoms with E-state index in [9.17, 15) is 4.79 Å². The molecule has 94 valence electrons. The maximum atomic E-state index is 11.3. The molecule has 0 unspecified atom stereocenters. The average molecular weight is 262 g/mol. The molecule has 18 heavy (non-hydrogen) atoms. The van der Waals surface area contributed by atoms with Crippen LogP contribution in [0.4, 0.5) is 0 Å². The van der Waals surface area contributed by atoms with Crippen LogP contribution in [0.5, 0.6) is 0 Å². The third kappa shape index (κ3) is 3.15. The normalized spacial score (nSPS) is 10.3. The van der Waals surface area contributed by atoms with Crippen LogP contribution < -0.4 is 5.48 Å². The van der Waals surface area contributed by atoms with Crippen LogP contribution in [0, 0.1) is 6.92 Å². The van der Waals surface area contributed by atoms with E-state index in [1.54, 1.807) is 0 Å². The fourth-order valence-electron chi connectivity index (χ4n) is 1.61. The summed E-state index contributed by atoms with van der Waals surface area (Å²) in [6, 6.07) is 8.15. The Bertz CT molecular complexity index is 551. The molecule has 0 aliphatic heterocycles. The van der Waals surface area contributed by atoms with Crippen molar-refractivity contribution >= 4 is 17.2 Å². The number of hydroxylamine groups is 1. The van der Waals surface area contributed by atoms with Crippen molar-refractivity contribution < 1.29 is 9.63 Å². The first-order valence-electron chi connectivity index (χ1n) is 5.52. The topological polar surface area (TPSA) is 51.2 Å². The van der Waals surface area contributed by atoms with Crippen molar-refractivity contribution in [3.05, 3.63) is 40.9 Å². The highest BCUT2D eigenvalue weighted by atomic mass is 32.1. The molecule has 1 heterocycles. The van der Waals surface area contributed by atoms with Gasteiger partial charge in [-0.1, -0.05) is 23.8 Å². The molecular weight excluding hydrogens is 248 g/mol. The predicted octanol–water partition coefficient (Wildman–Crippen LogP) is 2.34. The van der Waals surface area contributed by atoms with E-state index in [0.717, 1.165) is 16.3 Å². The molecule has 0 aliphatic carbocycles. The maximum absolute atomic E-state index is 11.3. The first kappa shape index (κ1) is 12.7. The van der Waals surface area contributed by atoms with Gasteiger partial charge in [-0.15, -0.1) is 11.3 Å². The van der Waals surface area contributed by atoms with E-state index in [2.05, 4.69) is 21.4 Å². The van der Waals surface area contributed by atoms with Crippen LogP contribution in [0.15, 0.2) is 29.6 Å². The summed E-state index contributed by atoms with van der Waals surface area (Å²) < 4.78 is 0. The number of hydrogen-bond donors (Lipinski definition) is 1. The Labute approximate surface area is 110 Å². The number of nitrogens with one attached hydrogen (secondary N) is 1. The van der Waals surface area contributed by atoms with Gasteiger partial charge in [0, 0.05) is 10.9 Å². The highest BCUT2D eigenvalue weighted by molar-refractivity contribution is 7.13. The standard InChI is InChI=1S/C13H14N2O2S/c1-9-4-3-5-10(6-9)13-14-11(8-18-13)7-12(16)15-17-2/h3-6,8H,7H2,1-2H3,(H,15,16). The summed E-state index contributed by atoms with van der Waals surface area (Å²) in [6.45, 7) is 2.05. The molecule has 0 atom stereocenters. The Kier molecular flexibility index (Phi) is 4.07. The van der Waals surface area contributed by atoms with Crippen molar-refractivity contribution in [1.82, 2.24) is 10.5 Å². The molecule has 0 radical (unpaired) electrons. The summed E-state index contributed by atoms with van der Waals surface area (Å²) in [5.41, 5.74) is 5.31. The summed E-state index contributed by atoms with van der Waals surface area (Å²) in [5.74, 6) is -0.196. The number of nitrogens with zero attached hydrogens (tertiary/aromatic N) is 1. The Hall–Kier alpha value is -1.72. The second-order valence-corrected chi connectivity index (χ2v) is 4.78. The lowest BCUT2D eigenvalue weighted by Crippen LogP contribution is -2.23. The second-order valence-electron chi connectivity index (χ2n) is 3.92. The molecule has 5 heteroatoms. The molecule has 0 saturated carbocycles. The minimum absolute atomic E-state index is 0.196. The molecule has 0 fully saturated rings. The zero-order chi connectivity index (χ0) is 13.0. The Morgan fingerprint density at radius 3 is 3.06 bits per heavy atom. The summed E-state index contributed by atoms with van der Waals surface area (Å²) in [4.78, 5) is 20.3. The second kappa shape index (κ2) is 5.75. The largest absolute Gasteiger partial charge is 0.277 e. The van der Waals surface area contributed by atoms with Crippen LogP contribution in [0.2, 0.25) is 0 Å². The highest BCUT2D eigenvalue weighted by Crippen LogP contribution is 2.24. The lowest BCUT2D eigenvalue weighted by atomic mass is 10.1. The van der Waals surface area contributed by atoms with Gasteiger partial charge < -0.3 is 0 Å². The number of rotatable bonds is 4. The molecule has 0 aliphatic rings. The van der Waals surface area contributed by atoms with E-state index in [1.165, 1.54) is 24.0 Å². The van der Waals surface area contributed by atoms with Gasteiger partial charge in [0.2, 0.25) is 5.91 Å². The van der Waals surface area contributed by atoms with Gasteiger partial charge in [-0.05, 0) is 13.0 Å². The van der Waals surface area contributed by atoms with E-state index in [0.29, 0.717) is 0 Å². The molecule has 4 nitrogen and oxygen atoms in total. The third-order valence-electron chi connectivity index (χ3n) is 2.37. The number of hydrogen-bond acceptors (Lipinski definition) is 4. The minimum atomic E-state index is -0.196. The van der Waals surface area contributed by atoms with Crippen molar-refractivity contribution in [1.29, 1.82) is 0 Å². The number of carbonyl (C=O) groups excluding carboxylic acids is 1. The van der Waals surface area contributed by atoms with Gasteiger partial charge in [-0.3, -0.25) is 9.63 Å². The zero-order valence-corrected chi connectivity index (χ0v) is 11.1. The zero-order valence-electron chi connectivity index (χ0n) is 10.3. The molecule has 0 saturated heterocycles. The van der Waals surface area contributed by atoms with E-state index in [-0.39, 0.29) is 12.3 Å². The van der Waals surface area contributed by atoms with Crippen molar-refractivity contribution in [2.75, 3.05) is 7.11 Å². The third-order valence-corrected chi connectivity index (χ3v) is 3.31. The number of aromatic nitrogens is 1. The molecule has 0 spiro atoms. The highest BCUT2D eigenvalue weighted by Gasteiger charge is 2.08. The Morgan fingerprint density at radius 2 is 2.33 bits per heavy atom. The van der Waals surface area contributed by atoms with Crippen LogP contribution >= 0.6 is 11.3 Å². The van der Waals surface area contributed by atoms with E-state index < -0.39 is 0 Å². The quantitative estimate of drug-likeness (QED) is 0.860. The molecular formula is C13H14N2O2S. The number of aryl methyl sites for hydroxylation is 1. The van der Waals surface area contributed by atoms with Crippen molar-refractivity contribution in [2.45, 2.75) is 13.3 Å². The summed E-state index contributed by atoms with van der Waals surface area (Å²) in [5, 5.41) is 2.83. The Morgan fingerprint density at radius 1 is 1.50 bits per heavy atom. The van der Waals surface area contributed by atoms with Crippen molar-refractivity contribution in [2.24, 2.45) is 0 Å². The summed E-state index contributed by atoms with van der Waals surface area (Å²) >= 11 is 1.54. The molecule has 2 rings (SSSR count). The lowest BCUT2D eigenvalue weighted by Gasteiger charge is -1.99. The van der Waals surface area contributed by atoms with E-state index in [4.69, 9.17) is 0 Å². The minimum Gasteiger partial charge on any atom is -0.277 e. The lowest BCUT2D eigenvalue weighted by molar-refractivity contribution is -0.130. The number of amides is 1. The van der Waals surface area contributed by atoms with Gasteiger partial charge in [0.1, 0.15) is 5.01 Å². The number of benzene rings is 1. The van der Waals surface area contributed by atoms with E-state index >= 15 is 0 Å². The maximum Gasteiger partial charge on any atom is 0.249 e. The SMILES string of the molecule is CONC(=O)Cc1csc(-c2cccc(C)c2)n1. The first-order valence-corrected chi connectivity index (χ1v) is 6.40. The fourth-order valence-corrected chi connectivity index (χ4v) is 2.43. The molecule has 1 aromatic carbocycles. The first-order chi connectivity index (χ1) is 8.69. The average Bonchev–Trinajstić information content (AvgIpc) is 2.78. The van der Waals surface area contributed by atoms with Crippen LogP contribution in [0.1, 0.15) is 11.3 Å². The smallest absolute Gasteiger partial charge is 0.249 e. The van der Waals surface area contributed by atoms with Gasteiger partial charge in [0.15, 0.2) is 0 Å². The van der Waals surface area contributed by atoms with Gasteiger partial charge >= 0.3 is 0 Å². The van der Waals surface area contributed by atoms with Crippen LogP contribution in [0.25, 0.3) is 10.6 Å². The van der Waals surface area contributed by atoms with Gasteiger partial charge in [-0.25, -0.2) is 10.5 Å². The van der Waals surface area contributed by atoms with Gasteiger partial charge in [0.05, 0.1) is 19.2 Å². The molecule has 2 aromatic rings. The fraction of sp³-hybridized carbons (Fsp3) is 0.231. The molecule has 1 amide bonds. The predicted molar refractivity (Wildman–Crippen MR) is 71.1 cm³/mol. The van der Waals surface area contributed by atoms with Crippen LogP contribution in [-0.2, 0) is 16.1 Å². The molecule has 1 N–H and O–H groups in total. The Balaban J connectivity index is 2.13. The number of thiazole rings is 1. The van der Waals surface area contributed by atoms with Gasteiger partial charge in [-0.2, -0.15) is 0 Å².